The maximum atomic E-state index is 13.2. The third-order valence-corrected chi connectivity index (χ3v) is 5.59. The molecule has 0 amide bonds. The number of hydrogen-bond acceptors (Lipinski definition) is 3. The van der Waals surface area contributed by atoms with Gasteiger partial charge in [0.1, 0.15) is 5.82 Å². The Morgan fingerprint density at radius 3 is 2.65 bits per heavy atom. The van der Waals surface area contributed by atoms with Gasteiger partial charge in [-0.05, 0) is 50.0 Å². The van der Waals surface area contributed by atoms with Crippen molar-refractivity contribution in [2.75, 3.05) is 26.2 Å². The minimum absolute atomic E-state index is 0.0441. The van der Waals surface area contributed by atoms with Crippen LogP contribution in [0.2, 0.25) is 0 Å². The molecule has 0 atom stereocenters. The zero-order valence-corrected chi connectivity index (χ0v) is 12.5. The lowest BCUT2D eigenvalue weighted by molar-refractivity contribution is 0.268. The number of piperidine rings is 1. The fourth-order valence-corrected chi connectivity index (χ4v) is 3.98. The standard InChI is InChI=1S/C14H21FN2O2S/c1-2-16-11-12-6-8-17(9-7-12)20(18,19)14-5-3-4-13(15)10-14/h3-5,10,12,16H,2,6-9,11H2,1H3. The Morgan fingerprint density at radius 1 is 1.35 bits per heavy atom. The van der Waals surface area contributed by atoms with E-state index in [4.69, 9.17) is 0 Å². The fourth-order valence-electron chi connectivity index (χ4n) is 2.48. The first-order valence-corrected chi connectivity index (χ1v) is 8.44. The van der Waals surface area contributed by atoms with Crippen molar-refractivity contribution in [3.05, 3.63) is 30.1 Å². The topological polar surface area (TPSA) is 49.4 Å². The van der Waals surface area contributed by atoms with Crippen LogP contribution in [0.1, 0.15) is 19.8 Å². The van der Waals surface area contributed by atoms with Crippen LogP contribution in [-0.4, -0.2) is 38.9 Å². The predicted molar refractivity (Wildman–Crippen MR) is 76.4 cm³/mol. The van der Waals surface area contributed by atoms with Crippen LogP contribution in [0.5, 0.6) is 0 Å². The Morgan fingerprint density at radius 2 is 2.05 bits per heavy atom. The highest BCUT2D eigenvalue weighted by atomic mass is 32.2. The van der Waals surface area contributed by atoms with Gasteiger partial charge < -0.3 is 5.32 Å². The van der Waals surface area contributed by atoms with Gasteiger partial charge in [0.25, 0.3) is 0 Å². The second kappa shape index (κ2) is 6.65. The molecule has 0 bridgehead atoms. The molecular formula is C14H21FN2O2S. The zero-order chi connectivity index (χ0) is 14.6. The van der Waals surface area contributed by atoms with Crippen LogP contribution < -0.4 is 5.32 Å². The average molecular weight is 300 g/mol. The van der Waals surface area contributed by atoms with Crippen molar-refractivity contribution in [3.8, 4) is 0 Å². The van der Waals surface area contributed by atoms with Crippen molar-refractivity contribution in [2.45, 2.75) is 24.7 Å². The molecule has 0 unspecified atom stereocenters. The molecular weight excluding hydrogens is 279 g/mol. The summed E-state index contributed by atoms with van der Waals surface area (Å²) in [5.41, 5.74) is 0. The van der Waals surface area contributed by atoms with Gasteiger partial charge in [-0.15, -0.1) is 0 Å². The first-order valence-electron chi connectivity index (χ1n) is 7.00. The maximum absolute atomic E-state index is 13.2. The van der Waals surface area contributed by atoms with Gasteiger partial charge in [0.15, 0.2) is 0 Å². The van der Waals surface area contributed by atoms with Crippen LogP contribution in [0.3, 0.4) is 0 Å². The maximum Gasteiger partial charge on any atom is 0.243 e. The molecule has 0 aromatic heterocycles. The number of halogens is 1. The van der Waals surface area contributed by atoms with E-state index in [9.17, 15) is 12.8 Å². The number of rotatable bonds is 5. The Bertz CT molecular complexity index is 540. The monoisotopic (exact) mass is 300 g/mol. The highest BCUT2D eigenvalue weighted by Crippen LogP contribution is 2.23. The summed E-state index contributed by atoms with van der Waals surface area (Å²) in [6.45, 7) is 4.94. The number of benzene rings is 1. The summed E-state index contributed by atoms with van der Waals surface area (Å²) >= 11 is 0. The molecule has 1 aromatic carbocycles. The number of hydrogen-bond donors (Lipinski definition) is 1. The number of nitrogens with zero attached hydrogens (tertiary/aromatic N) is 1. The van der Waals surface area contributed by atoms with E-state index in [-0.39, 0.29) is 4.90 Å². The Balaban J connectivity index is 2.02. The van der Waals surface area contributed by atoms with Gasteiger partial charge in [-0.25, -0.2) is 12.8 Å². The van der Waals surface area contributed by atoms with Gasteiger partial charge in [0, 0.05) is 13.1 Å². The van der Waals surface area contributed by atoms with Gasteiger partial charge in [-0.2, -0.15) is 4.31 Å². The summed E-state index contributed by atoms with van der Waals surface area (Å²) in [7, 11) is -3.56. The van der Waals surface area contributed by atoms with Crippen LogP contribution in [0.25, 0.3) is 0 Å². The summed E-state index contributed by atoms with van der Waals surface area (Å²) < 4.78 is 39.4. The van der Waals surface area contributed by atoms with E-state index in [1.54, 1.807) is 0 Å². The third-order valence-electron chi connectivity index (χ3n) is 3.69. The first-order chi connectivity index (χ1) is 9.54. The summed E-state index contributed by atoms with van der Waals surface area (Å²) in [6, 6.07) is 5.21. The van der Waals surface area contributed by atoms with Gasteiger partial charge in [-0.3, -0.25) is 0 Å². The molecule has 1 saturated heterocycles. The molecule has 1 heterocycles. The van der Waals surface area contributed by atoms with Crippen molar-refractivity contribution in [2.24, 2.45) is 5.92 Å². The molecule has 0 saturated carbocycles. The zero-order valence-electron chi connectivity index (χ0n) is 11.7. The summed E-state index contributed by atoms with van der Waals surface area (Å²) in [5, 5.41) is 3.29. The highest BCUT2D eigenvalue weighted by Gasteiger charge is 2.29. The van der Waals surface area contributed by atoms with Crippen LogP contribution in [0, 0.1) is 11.7 Å². The van der Waals surface area contributed by atoms with Gasteiger partial charge in [-0.1, -0.05) is 13.0 Å². The van der Waals surface area contributed by atoms with Crippen LogP contribution in [0.15, 0.2) is 29.2 Å². The molecule has 20 heavy (non-hydrogen) atoms. The lowest BCUT2D eigenvalue weighted by atomic mass is 9.98. The van der Waals surface area contributed by atoms with Crippen molar-refractivity contribution >= 4 is 10.0 Å². The summed E-state index contributed by atoms with van der Waals surface area (Å²) in [4.78, 5) is 0.0441. The largest absolute Gasteiger partial charge is 0.317 e. The van der Waals surface area contributed by atoms with Gasteiger partial charge >= 0.3 is 0 Å². The molecule has 0 radical (unpaired) electrons. The first kappa shape index (κ1) is 15.4. The van der Waals surface area contributed by atoms with E-state index < -0.39 is 15.8 Å². The summed E-state index contributed by atoms with van der Waals surface area (Å²) in [5.74, 6) is 0.00187. The Kier molecular flexibility index (Phi) is 5.12. The molecule has 0 aliphatic carbocycles. The smallest absolute Gasteiger partial charge is 0.243 e. The predicted octanol–water partition coefficient (Wildman–Crippen LogP) is 1.84. The van der Waals surface area contributed by atoms with Crippen LogP contribution >= 0.6 is 0 Å². The number of nitrogens with one attached hydrogen (secondary N) is 1. The SMILES string of the molecule is CCNCC1CCN(S(=O)(=O)c2cccc(F)c2)CC1. The molecule has 112 valence electrons. The highest BCUT2D eigenvalue weighted by molar-refractivity contribution is 7.89. The lowest BCUT2D eigenvalue weighted by Crippen LogP contribution is -2.40. The van der Waals surface area contributed by atoms with Crippen LogP contribution in [-0.2, 0) is 10.0 Å². The minimum atomic E-state index is -3.56. The molecule has 0 spiro atoms. The molecule has 4 nitrogen and oxygen atoms in total. The molecule has 6 heteroatoms. The Hall–Kier alpha value is -0.980. The van der Waals surface area contributed by atoms with Crippen molar-refractivity contribution < 1.29 is 12.8 Å². The second-order valence-electron chi connectivity index (χ2n) is 5.11. The van der Waals surface area contributed by atoms with E-state index >= 15 is 0 Å². The molecule has 1 aliphatic rings. The normalized spacial score (nSPS) is 18.3. The van der Waals surface area contributed by atoms with E-state index in [0.717, 1.165) is 32.0 Å². The van der Waals surface area contributed by atoms with Crippen molar-refractivity contribution in [3.63, 3.8) is 0 Å². The van der Waals surface area contributed by atoms with Crippen LogP contribution in [0.4, 0.5) is 4.39 Å². The van der Waals surface area contributed by atoms with Gasteiger partial charge in [0.2, 0.25) is 10.0 Å². The molecule has 1 aliphatic heterocycles. The number of sulfonamides is 1. The quantitative estimate of drug-likeness (QED) is 0.902. The van der Waals surface area contributed by atoms with E-state index in [2.05, 4.69) is 12.2 Å². The third kappa shape index (κ3) is 3.56. The van der Waals surface area contributed by atoms with Crippen molar-refractivity contribution in [1.82, 2.24) is 9.62 Å². The van der Waals surface area contributed by atoms with Crippen molar-refractivity contribution in [1.29, 1.82) is 0 Å². The molecule has 1 N–H and O–H groups in total. The average Bonchev–Trinajstić information content (AvgIpc) is 2.45. The lowest BCUT2D eigenvalue weighted by Gasteiger charge is -2.31. The van der Waals surface area contributed by atoms with E-state index in [1.807, 2.05) is 0 Å². The minimum Gasteiger partial charge on any atom is -0.317 e. The Labute approximate surface area is 120 Å². The second-order valence-corrected chi connectivity index (χ2v) is 7.05. The molecule has 2 rings (SSSR count). The fraction of sp³-hybridized carbons (Fsp3) is 0.571. The van der Waals surface area contributed by atoms with E-state index in [1.165, 1.54) is 22.5 Å². The molecule has 1 fully saturated rings. The molecule has 1 aromatic rings. The van der Waals surface area contributed by atoms with Gasteiger partial charge in [0.05, 0.1) is 4.90 Å². The van der Waals surface area contributed by atoms with E-state index in [0.29, 0.717) is 19.0 Å². The summed E-state index contributed by atoms with van der Waals surface area (Å²) in [6.07, 6.45) is 1.70.